The van der Waals surface area contributed by atoms with Crippen LogP contribution in [0, 0.1) is 5.41 Å². The van der Waals surface area contributed by atoms with Crippen molar-refractivity contribution in [2.24, 2.45) is 5.41 Å². The van der Waals surface area contributed by atoms with Gasteiger partial charge in [-0.05, 0) is 0 Å². The molecular weight excluding hydrogens is 884 g/mol. The van der Waals surface area contributed by atoms with Crippen LogP contribution in [0.15, 0.2) is 0 Å². The number of amides is 7. The van der Waals surface area contributed by atoms with Crippen LogP contribution in [0.1, 0.15) is 51.4 Å². The molecule has 0 radical (unpaired) electrons. The van der Waals surface area contributed by atoms with Gasteiger partial charge in [0.1, 0.15) is 19.8 Å². The number of hydrogen-bond donors (Lipinski definition) is 2. The Morgan fingerprint density at radius 3 is 1.18 bits per heavy atom. The summed E-state index contributed by atoms with van der Waals surface area (Å²) in [5.41, 5.74) is -1.16. The summed E-state index contributed by atoms with van der Waals surface area (Å²) >= 11 is 0. The summed E-state index contributed by atoms with van der Waals surface area (Å²) in [6.45, 7) is -3.89. The third-order valence-electron chi connectivity index (χ3n) is 9.00. The van der Waals surface area contributed by atoms with Crippen LogP contribution in [0.2, 0.25) is 0 Å². The molecule has 7 amide bonds. The summed E-state index contributed by atoms with van der Waals surface area (Å²) < 4.78 is 44.6. The van der Waals surface area contributed by atoms with E-state index >= 15 is 0 Å². The summed E-state index contributed by atoms with van der Waals surface area (Å²) in [5, 5.41) is 21.7. The summed E-state index contributed by atoms with van der Waals surface area (Å²) in [4.78, 5) is 138. The van der Waals surface area contributed by atoms with Gasteiger partial charge in [-0.3, -0.25) is 33.6 Å². The number of hydroxylamine groups is 8. The van der Waals surface area contributed by atoms with Gasteiger partial charge < -0.3 is 62.6 Å². The van der Waals surface area contributed by atoms with Crippen LogP contribution >= 0.6 is 0 Å². The first-order valence-corrected chi connectivity index (χ1v) is 20.3. The lowest BCUT2D eigenvalue weighted by atomic mass is 9.92. The van der Waals surface area contributed by atoms with Crippen LogP contribution in [0.3, 0.4) is 0 Å². The molecule has 4 fully saturated rings. The summed E-state index contributed by atoms with van der Waals surface area (Å²) in [6.07, 6.45) is -3.22. The topological polar surface area (TPSA) is 335 Å². The minimum absolute atomic E-state index is 0.0120. The van der Waals surface area contributed by atoms with Gasteiger partial charge in [-0.15, -0.1) is 15.2 Å². The maximum Gasteiger partial charge on any atom is 0.358 e. The highest BCUT2D eigenvalue weighted by Crippen LogP contribution is 2.22. The van der Waals surface area contributed by atoms with E-state index in [1.807, 2.05) is 0 Å². The number of carbonyl (C=O) groups is 10. The van der Waals surface area contributed by atoms with Crippen molar-refractivity contribution >= 4 is 59.3 Å². The van der Waals surface area contributed by atoms with E-state index in [2.05, 4.69) is 0 Å². The van der Waals surface area contributed by atoms with E-state index in [1.165, 1.54) is 0 Å². The summed E-state index contributed by atoms with van der Waals surface area (Å²) in [5.74, 6) is -7.34. The predicted octanol–water partition coefficient (Wildman–Crippen LogP) is -3.88. The molecule has 0 saturated carbocycles. The normalized spacial score (nSPS) is 18.5. The maximum atomic E-state index is 12.2. The minimum atomic E-state index is -1.64. The molecule has 4 heterocycles. The van der Waals surface area contributed by atoms with E-state index in [0.29, 0.717) is 20.3 Å². The van der Waals surface area contributed by atoms with Gasteiger partial charge in [0.05, 0.1) is 91.3 Å². The third-order valence-corrected chi connectivity index (χ3v) is 9.00. The number of carbonyl (C=O) groups excluding carboxylic acids is 10. The van der Waals surface area contributed by atoms with Crippen LogP contribution < -0.4 is 0 Å². The Labute approximate surface area is 369 Å². The van der Waals surface area contributed by atoms with Gasteiger partial charge in [0.2, 0.25) is 6.29 Å². The second kappa shape index (κ2) is 27.4. The predicted molar refractivity (Wildman–Crippen MR) is 200 cm³/mol. The molecule has 4 aliphatic heterocycles. The van der Waals surface area contributed by atoms with E-state index in [0.717, 1.165) is 0 Å². The average molecular weight is 937 g/mol. The molecule has 4 saturated heterocycles. The van der Waals surface area contributed by atoms with Crippen molar-refractivity contribution < 1.29 is 115 Å². The second-order valence-electron chi connectivity index (χ2n) is 14.4. The van der Waals surface area contributed by atoms with Crippen LogP contribution in [-0.4, -0.2) is 208 Å². The molecule has 2 unspecified atom stereocenters. The van der Waals surface area contributed by atoms with Gasteiger partial charge in [0.25, 0.3) is 41.4 Å². The Balaban J connectivity index is 1.29. The number of ether oxygens (including phenoxy) is 8. The Morgan fingerprint density at radius 1 is 0.477 bits per heavy atom. The molecule has 28 nitrogen and oxygen atoms in total. The largest absolute Gasteiger partial charge is 0.378 e. The standard InChI is InChI=1S/C37H52N4O24/c42-25-1-2-26(43)38(25)62-33(50)17-54-9-13-58-21-37(22-59-14-10-55-18-34(51)63-39-27(44)3-4-28(39)45,23-60-15-11-56-19-35(52)64-40-29(46)5-6-30(40)47)24-61-16-12-57-20-36(53)65-41-31(48)7-8-32(41)49/h25,34,42,51H,1-24H2. The van der Waals surface area contributed by atoms with Gasteiger partial charge in [0, 0.05) is 51.4 Å². The van der Waals surface area contributed by atoms with E-state index < -0.39 is 104 Å². The fraction of sp³-hybridized carbons (Fsp3) is 0.730. The highest BCUT2D eigenvalue weighted by atomic mass is 16.8. The smallest absolute Gasteiger partial charge is 0.358 e. The fourth-order valence-corrected chi connectivity index (χ4v) is 5.82. The average Bonchev–Trinajstić information content (AvgIpc) is 3.98. The van der Waals surface area contributed by atoms with Gasteiger partial charge in [-0.2, -0.15) is 5.06 Å². The van der Waals surface area contributed by atoms with Crippen LogP contribution in [0.25, 0.3) is 0 Å². The molecule has 0 aromatic rings. The van der Waals surface area contributed by atoms with E-state index in [-0.39, 0.29) is 131 Å². The number of aliphatic hydroxyl groups is 2. The molecule has 364 valence electrons. The molecular formula is C37H52N4O24. The number of nitrogens with zero attached hydrogens (tertiary/aromatic N) is 4. The van der Waals surface area contributed by atoms with Crippen molar-refractivity contribution in [2.45, 2.75) is 63.9 Å². The molecule has 0 spiro atoms. The molecule has 4 rings (SSSR count). The molecule has 65 heavy (non-hydrogen) atoms. The SMILES string of the molecule is O=C(COCCOCC(COCCOCC(=O)ON1C(=O)CCC1=O)(COCCOCC(=O)ON1C(=O)CCC1O)COCCOCC(O)ON1C(=O)CCC1=O)ON1C(=O)CCC1=O. The lowest BCUT2D eigenvalue weighted by Crippen LogP contribution is -2.43. The Hall–Kier alpha value is -5.14. The fourth-order valence-electron chi connectivity index (χ4n) is 5.82. The van der Waals surface area contributed by atoms with Gasteiger partial charge >= 0.3 is 17.9 Å². The number of hydrogen-bond acceptors (Lipinski definition) is 24. The minimum Gasteiger partial charge on any atom is -0.378 e. The number of rotatable bonds is 33. The first kappa shape index (κ1) is 52.5. The highest BCUT2D eigenvalue weighted by Gasteiger charge is 2.37. The van der Waals surface area contributed by atoms with Crippen molar-refractivity contribution in [1.82, 2.24) is 20.3 Å². The van der Waals surface area contributed by atoms with Crippen molar-refractivity contribution in [3.8, 4) is 0 Å². The Kier molecular flexibility index (Phi) is 22.1. The lowest BCUT2D eigenvalue weighted by molar-refractivity contribution is -0.256. The van der Waals surface area contributed by atoms with E-state index in [4.69, 9.17) is 57.2 Å². The first-order valence-electron chi connectivity index (χ1n) is 20.3. The molecule has 0 aliphatic carbocycles. The zero-order valence-corrected chi connectivity index (χ0v) is 35.3. The van der Waals surface area contributed by atoms with Crippen LogP contribution in [0.4, 0.5) is 0 Å². The molecule has 0 aromatic carbocycles. The number of aliphatic hydroxyl groups excluding tert-OH is 2. The molecule has 28 heteroatoms. The quantitative estimate of drug-likeness (QED) is 0.0361. The van der Waals surface area contributed by atoms with Crippen molar-refractivity contribution in [2.75, 3.05) is 106 Å². The third kappa shape index (κ3) is 18.0. The van der Waals surface area contributed by atoms with Crippen molar-refractivity contribution in [3.63, 3.8) is 0 Å². The molecule has 0 aromatic heterocycles. The zero-order chi connectivity index (χ0) is 47.2. The Bertz CT molecular complexity index is 1590. The van der Waals surface area contributed by atoms with Crippen molar-refractivity contribution in [3.05, 3.63) is 0 Å². The lowest BCUT2D eigenvalue weighted by Gasteiger charge is -2.33. The van der Waals surface area contributed by atoms with E-state index in [9.17, 15) is 58.2 Å². The summed E-state index contributed by atoms with van der Waals surface area (Å²) in [6, 6.07) is 0. The second-order valence-corrected chi connectivity index (χ2v) is 14.4. The molecule has 2 atom stereocenters. The molecule has 0 bridgehead atoms. The highest BCUT2D eigenvalue weighted by molar-refractivity contribution is 6.02. The van der Waals surface area contributed by atoms with Gasteiger partial charge in [-0.1, -0.05) is 0 Å². The van der Waals surface area contributed by atoms with Gasteiger partial charge in [-0.25, -0.2) is 19.2 Å². The van der Waals surface area contributed by atoms with Gasteiger partial charge in [0.15, 0.2) is 6.23 Å². The summed E-state index contributed by atoms with van der Waals surface area (Å²) in [7, 11) is 0. The van der Waals surface area contributed by atoms with Crippen LogP contribution in [-0.2, 0) is 105 Å². The van der Waals surface area contributed by atoms with E-state index in [1.54, 1.807) is 0 Å². The molecule has 4 aliphatic rings. The van der Waals surface area contributed by atoms with Crippen LogP contribution in [0.5, 0.6) is 0 Å². The zero-order valence-electron chi connectivity index (χ0n) is 35.3. The Morgan fingerprint density at radius 2 is 0.815 bits per heavy atom. The monoisotopic (exact) mass is 936 g/mol. The molecule has 2 N–H and O–H groups in total. The first-order chi connectivity index (χ1) is 31.2. The van der Waals surface area contributed by atoms with Crippen molar-refractivity contribution in [1.29, 1.82) is 0 Å². The maximum absolute atomic E-state index is 12.2. The number of imide groups is 3.